The average molecular weight is 322 g/mol. The largest absolute Gasteiger partial charge is 0.391 e. The number of rotatable bonds is 3. The zero-order valence-electron chi connectivity index (χ0n) is 14.1. The lowest BCUT2D eigenvalue weighted by atomic mass is 9.82. The Morgan fingerprint density at radius 3 is 2.17 bits per heavy atom. The third kappa shape index (κ3) is 2.83. The Hall–Kier alpha value is -1.84. The molecular weight excluding hydrogens is 296 g/mol. The maximum atomic E-state index is 10.8. The van der Waals surface area contributed by atoms with Crippen LogP contribution in [0.15, 0.2) is 60.7 Å². The van der Waals surface area contributed by atoms with Crippen LogP contribution in [0, 0.1) is 0 Å². The first-order valence-electron chi connectivity index (χ1n) is 9.05. The quantitative estimate of drug-likeness (QED) is 0.939. The fourth-order valence-corrected chi connectivity index (χ4v) is 4.46. The minimum Gasteiger partial charge on any atom is -0.391 e. The van der Waals surface area contributed by atoms with Gasteiger partial charge in [-0.15, -0.1) is 0 Å². The number of anilines is 1. The zero-order chi connectivity index (χ0) is 16.4. The maximum absolute atomic E-state index is 10.8. The molecule has 4 rings (SSSR count). The van der Waals surface area contributed by atoms with Crippen LogP contribution < -0.4 is 4.90 Å². The molecule has 2 aliphatic heterocycles. The minimum absolute atomic E-state index is 0.0749. The number of benzene rings is 2. The van der Waals surface area contributed by atoms with Crippen LogP contribution in [0.4, 0.5) is 5.69 Å². The summed E-state index contributed by atoms with van der Waals surface area (Å²) < 4.78 is 0. The molecule has 2 fully saturated rings. The van der Waals surface area contributed by atoms with E-state index in [0.29, 0.717) is 0 Å². The van der Waals surface area contributed by atoms with Crippen LogP contribution in [-0.2, 0) is 6.54 Å². The van der Waals surface area contributed by atoms with Gasteiger partial charge in [0.25, 0.3) is 0 Å². The van der Waals surface area contributed by atoms with E-state index < -0.39 is 0 Å². The Labute approximate surface area is 144 Å². The van der Waals surface area contributed by atoms with E-state index >= 15 is 0 Å². The van der Waals surface area contributed by atoms with Crippen molar-refractivity contribution in [3.63, 3.8) is 0 Å². The summed E-state index contributed by atoms with van der Waals surface area (Å²) in [4.78, 5) is 4.99. The van der Waals surface area contributed by atoms with Crippen LogP contribution in [-0.4, -0.2) is 41.3 Å². The number of nitrogens with zero attached hydrogens (tertiary/aromatic N) is 2. The van der Waals surface area contributed by atoms with E-state index in [1.807, 2.05) is 0 Å². The van der Waals surface area contributed by atoms with Gasteiger partial charge in [-0.25, -0.2) is 0 Å². The third-order valence-corrected chi connectivity index (χ3v) is 5.82. The first-order valence-corrected chi connectivity index (χ1v) is 9.05. The maximum Gasteiger partial charge on any atom is 0.0789 e. The number of hydrogen-bond donors (Lipinski definition) is 1. The summed E-state index contributed by atoms with van der Waals surface area (Å²) in [6, 6.07) is 21.3. The molecule has 0 bridgehead atoms. The summed E-state index contributed by atoms with van der Waals surface area (Å²) in [7, 11) is 0. The monoisotopic (exact) mass is 322 g/mol. The van der Waals surface area contributed by atoms with E-state index in [4.69, 9.17) is 0 Å². The topological polar surface area (TPSA) is 26.7 Å². The van der Waals surface area contributed by atoms with E-state index in [1.165, 1.54) is 11.3 Å². The molecule has 0 amide bonds. The van der Waals surface area contributed by atoms with Crippen LogP contribution in [0.25, 0.3) is 0 Å². The molecule has 0 aliphatic carbocycles. The van der Waals surface area contributed by atoms with Crippen LogP contribution in [0.3, 0.4) is 0 Å². The van der Waals surface area contributed by atoms with Crippen molar-refractivity contribution >= 4 is 5.69 Å². The van der Waals surface area contributed by atoms with Gasteiger partial charge in [0.15, 0.2) is 0 Å². The highest BCUT2D eigenvalue weighted by atomic mass is 16.3. The smallest absolute Gasteiger partial charge is 0.0789 e. The molecule has 3 heteroatoms. The lowest BCUT2D eigenvalue weighted by Crippen LogP contribution is -2.57. The zero-order valence-corrected chi connectivity index (χ0v) is 14.1. The molecule has 1 spiro atoms. The van der Waals surface area contributed by atoms with Gasteiger partial charge < -0.3 is 10.0 Å². The Morgan fingerprint density at radius 1 is 0.875 bits per heavy atom. The number of aliphatic hydroxyl groups excluding tert-OH is 1. The van der Waals surface area contributed by atoms with Crippen molar-refractivity contribution in [2.75, 3.05) is 24.5 Å². The molecule has 2 aliphatic rings. The van der Waals surface area contributed by atoms with Crippen LogP contribution >= 0.6 is 0 Å². The van der Waals surface area contributed by atoms with E-state index in [9.17, 15) is 5.11 Å². The number of likely N-dealkylation sites (tertiary alicyclic amines) is 1. The molecule has 24 heavy (non-hydrogen) atoms. The van der Waals surface area contributed by atoms with Crippen molar-refractivity contribution in [2.24, 2.45) is 0 Å². The van der Waals surface area contributed by atoms with E-state index in [0.717, 1.165) is 45.4 Å². The van der Waals surface area contributed by atoms with Gasteiger partial charge in [-0.2, -0.15) is 0 Å². The first-order chi connectivity index (χ1) is 11.8. The van der Waals surface area contributed by atoms with Crippen molar-refractivity contribution in [3.05, 3.63) is 66.2 Å². The number of para-hydroxylation sites is 1. The van der Waals surface area contributed by atoms with E-state index in [2.05, 4.69) is 70.5 Å². The Kier molecular flexibility index (Phi) is 4.30. The summed E-state index contributed by atoms with van der Waals surface area (Å²) in [6.07, 6.45) is 2.75. The summed E-state index contributed by atoms with van der Waals surface area (Å²) in [6.45, 7) is 4.08. The van der Waals surface area contributed by atoms with Crippen molar-refractivity contribution in [2.45, 2.75) is 37.5 Å². The predicted octanol–water partition coefficient (Wildman–Crippen LogP) is 3.29. The van der Waals surface area contributed by atoms with Gasteiger partial charge in [-0.1, -0.05) is 48.5 Å². The van der Waals surface area contributed by atoms with Crippen LogP contribution in [0.5, 0.6) is 0 Å². The molecule has 3 nitrogen and oxygen atoms in total. The normalized spacial score (nSPS) is 23.7. The molecule has 0 saturated carbocycles. The van der Waals surface area contributed by atoms with Crippen molar-refractivity contribution < 1.29 is 5.11 Å². The summed E-state index contributed by atoms with van der Waals surface area (Å²) >= 11 is 0. The highest BCUT2D eigenvalue weighted by molar-refractivity contribution is 5.51. The van der Waals surface area contributed by atoms with Gasteiger partial charge in [-0.05, 0) is 37.0 Å². The molecule has 1 N–H and O–H groups in total. The van der Waals surface area contributed by atoms with Gasteiger partial charge in [0.2, 0.25) is 0 Å². The Morgan fingerprint density at radius 2 is 1.50 bits per heavy atom. The molecule has 0 unspecified atom stereocenters. The molecule has 1 atom stereocenters. The molecule has 2 saturated heterocycles. The number of piperidine rings is 1. The minimum atomic E-state index is -0.211. The SMILES string of the molecule is O[C@H]1CCN(c2ccccc2)C12CCN(Cc1ccccc1)CC2. The number of hydrogen-bond acceptors (Lipinski definition) is 3. The predicted molar refractivity (Wildman–Crippen MR) is 98.1 cm³/mol. The lowest BCUT2D eigenvalue weighted by Gasteiger charge is -2.47. The average Bonchev–Trinajstić information content (AvgIpc) is 2.95. The van der Waals surface area contributed by atoms with Gasteiger partial charge in [0.1, 0.15) is 0 Å². The van der Waals surface area contributed by atoms with Crippen LogP contribution in [0.1, 0.15) is 24.8 Å². The van der Waals surface area contributed by atoms with Crippen molar-refractivity contribution in [1.29, 1.82) is 0 Å². The van der Waals surface area contributed by atoms with E-state index in [1.54, 1.807) is 0 Å². The second-order valence-corrected chi connectivity index (χ2v) is 7.16. The van der Waals surface area contributed by atoms with E-state index in [-0.39, 0.29) is 11.6 Å². The molecule has 2 heterocycles. The number of aliphatic hydroxyl groups is 1. The second kappa shape index (κ2) is 6.58. The van der Waals surface area contributed by atoms with Crippen LogP contribution in [0.2, 0.25) is 0 Å². The molecule has 2 aromatic rings. The van der Waals surface area contributed by atoms with Gasteiger partial charge in [0, 0.05) is 31.9 Å². The highest BCUT2D eigenvalue weighted by Gasteiger charge is 2.49. The fraction of sp³-hybridized carbons (Fsp3) is 0.429. The summed E-state index contributed by atoms with van der Waals surface area (Å²) in [5, 5.41) is 10.8. The second-order valence-electron chi connectivity index (χ2n) is 7.16. The lowest BCUT2D eigenvalue weighted by molar-refractivity contribution is 0.0535. The molecule has 0 radical (unpaired) electrons. The van der Waals surface area contributed by atoms with Gasteiger partial charge in [-0.3, -0.25) is 4.90 Å². The first kappa shape index (κ1) is 15.7. The van der Waals surface area contributed by atoms with Crippen molar-refractivity contribution in [3.8, 4) is 0 Å². The van der Waals surface area contributed by atoms with Gasteiger partial charge >= 0.3 is 0 Å². The Balaban J connectivity index is 1.48. The molecule has 0 aromatic heterocycles. The third-order valence-electron chi connectivity index (χ3n) is 5.82. The molecule has 2 aromatic carbocycles. The highest BCUT2D eigenvalue weighted by Crippen LogP contribution is 2.41. The van der Waals surface area contributed by atoms with Gasteiger partial charge in [0.05, 0.1) is 11.6 Å². The Bertz CT molecular complexity index is 650. The summed E-state index contributed by atoms with van der Waals surface area (Å²) in [5.74, 6) is 0. The van der Waals surface area contributed by atoms with Crippen molar-refractivity contribution in [1.82, 2.24) is 4.90 Å². The molecular formula is C21H26N2O. The standard InChI is InChI=1S/C21H26N2O/c24-20-11-14-23(19-9-5-2-6-10-19)21(20)12-15-22(16-13-21)17-18-7-3-1-4-8-18/h1-10,20,24H,11-17H2/t20-/m0/s1. The fourth-order valence-electron chi connectivity index (χ4n) is 4.46. The molecule has 126 valence electrons. The summed E-state index contributed by atoms with van der Waals surface area (Å²) in [5.41, 5.74) is 2.56.